The minimum absolute atomic E-state index is 0.0328. The lowest BCUT2D eigenvalue weighted by molar-refractivity contribution is -0.108. The van der Waals surface area contributed by atoms with E-state index in [1.54, 1.807) is 6.92 Å². The molecule has 0 saturated heterocycles. The molecule has 1 atom stereocenters. The molecule has 0 aliphatic carbocycles. The van der Waals surface area contributed by atoms with Crippen LogP contribution in [0.25, 0.3) is 0 Å². The fraction of sp³-hybridized carbons (Fsp3) is 0.300. The molecule has 0 amide bonds. The van der Waals surface area contributed by atoms with Crippen molar-refractivity contribution in [3.63, 3.8) is 0 Å². The van der Waals surface area contributed by atoms with Gasteiger partial charge < -0.3 is 9.90 Å². The van der Waals surface area contributed by atoms with E-state index in [1.807, 2.05) is 0 Å². The number of phenols is 1. The maximum atomic E-state index is 13.5. The molecule has 1 unspecified atom stereocenters. The Bertz CT molecular complexity index is 393. The van der Waals surface area contributed by atoms with Crippen molar-refractivity contribution in [2.75, 3.05) is 0 Å². The molecule has 1 N–H and O–H groups in total. The fourth-order valence-corrected chi connectivity index (χ4v) is 1.64. The number of hydrogen-bond acceptors (Lipinski definition) is 2. The van der Waals surface area contributed by atoms with Gasteiger partial charge in [0.05, 0.1) is 4.47 Å². The molecule has 0 aliphatic heterocycles. The van der Waals surface area contributed by atoms with Crippen LogP contribution in [0.15, 0.2) is 10.5 Å². The van der Waals surface area contributed by atoms with Crippen LogP contribution in [-0.2, 0) is 4.79 Å². The third-order valence-corrected chi connectivity index (χ3v) is 2.87. The molecule has 0 spiro atoms. The Morgan fingerprint density at radius 2 is 2.20 bits per heavy atom. The molecule has 5 heteroatoms. The highest BCUT2D eigenvalue weighted by Crippen LogP contribution is 2.35. The molecule has 0 fully saturated rings. The maximum absolute atomic E-state index is 13.5. The van der Waals surface area contributed by atoms with Gasteiger partial charge in [0, 0.05) is 18.1 Å². The molecule has 2 nitrogen and oxygen atoms in total. The summed E-state index contributed by atoms with van der Waals surface area (Å²) in [6, 6.07) is 0.823. The van der Waals surface area contributed by atoms with Gasteiger partial charge in [0.2, 0.25) is 0 Å². The third-order valence-electron chi connectivity index (χ3n) is 2.12. The molecule has 15 heavy (non-hydrogen) atoms. The van der Waals surface area contributed by atoms with Crippen molar-refractivity contribution in [1.82, 2.24) is 0 Å². The average Bonchev–Trinajstić information content (AvgIpc) is 2.15. The molecule has 82 valence electrons. The quantitative estimate of drug-likeness (QED) is 0.681. The zero-order chi connectivity index (χ0) is 11.6. The van der Waals surface area contributed by atoms with E-state index in [0.29, 0.717) is 6.29 Å². The first kappa shape index (κ1) is 12.1. The van der Waals surface area contributed by atoms with Crippen molar-refractivity contribution in [2.24, 2.45) is 0 Å². The van der Waals surface area contributed by atoms with Crippen LogP contribution in [0.4, 0.5) is 8.78 Å². The Morgan fingerprint density at radius 1 is 1.60 bits per heavy atom. The van der Waals surface area contributed by atoms with Crippen LogP contribution in [0.5, 0.6) is 5.75 Å². The largest absolute Gasteiger partial charge is 0.507 e. The van der Waals surface area contributed by atoms with E-state index in [4.69, 9.17) is 5.11 Å². The minimum atomic E-state index is -0.859. The lowest BCUT2D eigenvalue weighted by Crippen LogP contribution is -2.03. The molecule has 0 heterocycles. The van der Waals surface area contributed by atoms with E-state index in [1.165, 1.54) is 0 Å². The Morgan fingerprint density at radius 3 is 2.73 bits per heavy atom. The fourth-order valence-electron chi connectivity index (χ4n) is 1.31. The second-order valence-corrected chi connectivity index (χ2v) is 4.02. The predicted octanol–water partition coefficient (Wildman–Crippen LogP) is 3.13. The number of halogens is 3. The predicted molar refractivity (Wildman–Crippen MR) is 54.8 cm³/mol. The van der Waals surface area contributed by atoms with Crippen LogP contribution in [0.3, 0.4) is 0 Å². The number of hydrogen-bond donors (Lipinski definition) is 1. The van der Waals surface area contributed by atoms with Crippen molar-refractivity contribution < 1.29 is 18.7 Å². The van der Waals surface area contributed by atoms with E-state index in [2.05, 4.69) is 15.9 Å². The topological polar surface area (TPSA) is 37.3 Å². The summed E-state index contributed by atoms with van der Waals surface area (Å²) in [5, 5.41) is 9.12. The van der Waals surface area contributed by atoms with E-state index in [0.717, 1.165) is 6.07 Å². The standard InChI is InChI=1S/C10H9BrF2O2/c1-5(2-3-14)8-6(12)4-7(15)9(11)10(8)13/h3-5,15H,2H2,1H3. The molecule has 0 aliphatic rings. The second kappa shape index (κ2) is 4.70. The van der Waals surface area contributed by atoms with Gasteiger partial charge >= 0.3 is 0 Å². The SMILES string of the molecule is CC(CC=O)c1c(F)cc(O)c(Br)c1F. The van der Waals surface area contributed by atoms with Crippen LogP contribution < -0.4 is 0 Å². The minimum Gasteiger partial charge on any atom is -0.507 e. The van der Waals surface area contributed by atoms with Crippen molar-refractivity contribution in [1.29, 1.82) is 0 Å². The lowest BCUT2D eigenvalue weighted by atomic mass is 9.97. The summed E-state index contributed by atoms with van der Waals surface area (Å²) in [4.78, 5) is 10.3. The zero-order valence-corrected chi connectivity index (χ0v) is 9.51. The zero-order valence-electron chi connectivity index (χ0n) is 7.93. The van der Waals surface area contributed by atoms with Gasteiger partial charge in [-0.05, 0) is 21.8 Å². The first-order valence-corrected chi connectivity index (χ1v) is 5.08. The van der Waals surface area contributed by atoms with Gasteiger partial charge in [-0.2, -0.15) is 0 Å². The van der Waals surface area contributed by atoms with Gasteiger partial charge in [0.1, 0.15) is 23.7 Å². The van der Waals surface area contributed by atoms with Gasteiger partial charge in [-0.3, -0.25) is 0 Å². The molecular formula is C10H9BrF2O2. The van der Waals surface area contributed by atoms with Gasteiger partial charge in [-0.25, -0.2) is 8.78 Å². The Kier molecular flexibility index (Phi) is 3.79. The van der Waals surface area contributed by atoms with Gasteiger partial charge in [-0.15, -0.1) is 0 Å². The summed E-state index contributed by atoms with van der Waals surface area (Å²) in [6.45, 7) is 1.54. The Labute approximate surface area is 94.0 Å². The van der Waals surface area contributed by atoms with Gasteiger partial charge in [0.25, 0.3) is 0 Å². The normalized spacial score (nSPS) is 12.5. The van der Waals surface area contributed by atoms with E-state index in [-0.39, 0.29) is 16.5 Å². The Hall–Kier alpha value is -0.970. The highest BCUT2D eigenvalue weighted by molar-refractivity contribution is 9.10. The highest BCUT2D eigenvalue weighted by Gasteiger charge is 2.21. The Balaban J connectivity index is 3.28. The van der Waals surface area contributed by atoms with E-state index in [9.17, 15) is 13.6 Å². The molecule has 0 saturated carbocycles. The highest BCUT2D eigenvalue weighted by atomic mass is 79.9. The van der Waals surface area contributed by atoms with E-state index < -0.39 is 23.3 Å². The first-order chi connectivity index (χ1) is 6.99. The smallest absolute Gasteiger partial charge is 0.147 e. The summed E-state index contributed by atoms with van der Waals surface area (Å²) in [7, 11) is 0. The van der Waals surface area contributed by atoms with Crippen molar-refractivity contribution in [2.45, 2.75) is 19.3 Å². The van der Waals surface area contributed by atoms with Crippen LogP contribution in [0, 0.1) is 11.6 Å². The van der Waals surface area contributed by atoms with Crippen molar-refractivity contribution >= 4 is 22.2 Å². The molecule has 1 rings (SSSR count). The number of benzene rings is 1. The van der Waals surface area contributed by atoms with Crippen LogP contribution in [0.1, 0.15) is 24.8 Å². The van der Waals surface area contributed by atoms with E-state index >= 15 is 0 Å². The third kappa shape index (κ3) is 2.34. The van der Waals surface area contributed by atoms with Crippen molar-refractivity contribution in [3.05, 3.63) is 27.7 Å². The van der Waals surface area contributed by atoms with Gasteiger partial charge in [-0.1, -0.05) is 6.92 Å². The van der Waals surface area contributed by atoms with Gasteiger partial charge in [0.15, 0.2) is 0 Å². The molecule has 0 aromatic heterocycles. The van der Waals surface area contributed by atoms with Crippen molar-refractivity contribution in [3.8, 4) is 5.75 Å². The number of aromatic hydroxyl groups is 1. The molecular weight excluding hydrogens is 270 g/mol. The van der Waals surface area contributed by atoms with Crippen LogP contribution in [0.2, 0.25) is 0 Å². The van der Waals surface area contributed by atoms with Crippen LogP contribution >= 0.6 is 15.9 Å². The number of aldehydes is 1. The molecule has 1 aromatic carbocycles. The summed E-state index contributed by atoms with van der Waals surface area (Å²) >= 11 is 2.80. The number of carbonyl (C=O) groups excluding carboxylic acids is 1. The number of rotatable bonds is 3. The second-order valence-electron chi connectivity index (χ2n) is 3.22. The summed E-state index contributed by atoms with van der Waals surface area (Å²) < 4.78 is 26.7. The first-order valence-electron chi connectivity index (χ1n) is 4.29. The number of phenolic OH excluding ortho intramolecular Hbond substituents is 1. The average molecular weight is 279 g/mol. The summed E-state index contributed by atoms with van der Waals surface area (Å²) in [6.07, 6.45) is 0.634. The molecule has 0 radical (unpaired) electrons. The molecule has 0 bridgehead atoms. The summed E-state index contributed by atoms with van der Waals surface area (Å²) in [5.41, 5.74) is -0.188. The monoisotopic (exact) mass is 278 g/mol. The maximum Gasteiger partial charge on any atom is 0.147 e. The molecule has 1 aromatic rings. The number of carbonyl (C=O) groups is 1. The lowest BCUT2D eigenvalue weighted by Gasteiger charge is -2.12. The summed E-state index contributed by atoms with van der Waals surface area (Å²) in [5.74, 6) is -2.75. The van der Waals surface area contributed by atoms with Crippen LogP contribution in [-0.4, -0.2) is 11.4 Å².